The van der Waals surface area contributed by atoms with E-state index in [1.807, 2.05) is 6.92 Å². The van der Waals surface area contributed by atoms with Crippen LogP contribution >= 0.6 is 0 Å². The molecule has 20 heavy (non-hydrogen) atoms. The van der Waals surface area contributed by atoms with Crippen molar-refractivity contribution >= 4 is 17.2 Å². The fraction of sp³-hybridized carbons (Fsp3) is 0.462. The molecule has 0 amide bonds. The van der Waals surface area contributed by atoms with Crippen LogP contribution in [0.4, 0.5) is 11.4 Å². The summed E-state index contributed by atoms with van der Waals surface area (Å²) in [5.74, 6) is -0.126. The highest BCUT2D eigenvalue weighted by atomic mass is 16.6. The number of hydrogen-bond acceptors (Lipinski definition) is 5. The van der Waals surface area contributed by atoms with Gasteiger partial charge in [-0.2, -0.15) is 0 Å². The van der Waals surface area contributed by atoms with Crippen LogP contribution in [0.15, 0.2) is 23.4 Å². The number of rotatable bonds is 7. The molecule has 0 spiro atoms. The smallest absolute Gasteiger partial charge is 0.270 e. The molecule has 1 aromatic rings. The van der Waals surface area contributed by atoms with Crippen molar-refractivity contribution in [1.82, 2.24) is 0 Å². The minimum Gasteiger partial charge on any atom is -0.409 e. The highest BCUT2D eigenvalue weighted by Crippen LogP contribution is 2.25. The van der Waals surface area contributed by atoms with Crippen LogP contribution in [0.25, 0.3) is 0 Å². The van der Waals surface area contributed by atoms with Gasteiger partial charge in [-0.1, -0.05) is 18.5 Å². The lowest BCUT2D eigenvalue weighted by Gasteiger charge is -2.25. The van der Waals surface area contributed by atoms with E-state index in [-0.39, 0.29) is 11.5 Å². The topological polar surface area (TPSA) is 105 Å². The molecule has 0 aliphatic carbocycles. The van der Waals surface area contributed by atoms with Crippen LogP contribution in [-0.2, 0) is 0 Å². The Morgan fingerprint density at radius 1 is 1.50 bits per heavy atom. The van der Waals surface area contributed by atoms with Crippen molar-refractivity contribution in [3.8, 4) is 0 Å². The van der Waals surface area contributed by atoms with Gasteiger partial charge in [0.1, 0.15) is 0 Å². The van der Waals surface area contributed by atoms with Crippen LogP contribution in [0.1, 0.15) is 32.3 Å². The first-order valence-electron chi connectivity index (χ1n) is 6.56. The summed E-state index contributed by atoms with van der Waals surface area (Å²) in [6.45, 7) is 5.64. The van der Waals surface area contributed by atoms with Crippen LogP contribution in [0.5, 0.6) is 0 Å². The third kappa shape index (κ3) is 3.59. The Labute approximate surface area is 117 Å². The zero-order valence-electron chi connectivity index (χ0n) is 11.7. The molecule has 0 bridgehead atoms. The van der Waals surface area contributed by atoms with E-state index < -0.39 is 4.92 Å². The summed E-state index contributed by atoms with van der Waals surface area (Å²) in [6, 6.07) is 4.40. The number of nitrogens with zero attached hydrogens (tertiary/aromatic N) is 3. The average molecular weight is 280 g/mol. The normalized spacial score (nSPS) is 11.4. The zero-order valence-corrected chi connectivity index (χ0v) is 11.7. The summed E-state index contributed by atoms with van der Waals surface area (Å²) in [5, 5.41) is 22.6. The van der Waals surface area contributed by atoms with Gasteiger partial charge in [-0.05, 0) is 19.4 Å². The summed E-state index contributed by atoms with van der Waals surface area (Å²) >= 11 is 0. The molecule has 0 atom stereocenters. The van der Waals surface area contributed by atoms with Crippen LogP contribution < -0.4 is 10.6 Å². The monoisotopic (exact) mass is 280 g/mol. The molecule has 110 valence electrons. The summed E-state index contributed by atoms with van der Waals surface area (Å²) in [7, 11) is 0. The van der Waals surface area contributed by atoms with Gasteiger partial charge in [-0.3, -0.25) is 10.1 Å². The number of anilines is 1. The Bertz CT molecular complexity index is 502. The second-order valence-corrected chi connectivity index (χ2v) is 4.38. The number of unbranched alkanes of at least 4 members (excludes halogenated alkanes) is 1. The second-order valence-electron chi connectivity index (χ2n) is 4.38. The molecular formula is C13H20N4O3. The molecule has 3 N–H and O–H groups in total. The standard InChI is InChI=1S/C13H20N4O3/c1-3-5-8-16(4-2)12-7-6-10(17(19)20)9-11(12)13(14)15-18/h6-7,9,18H,3-5,8H2,1-2H3,(H2,14,15). The predicted octanol–water partition coefficient (Wildman–Crippen LogP) is 2.32. The third-order valence-electron chi connectivity index (χ3n) is 3.08. The van der Waals surface area contributed by atoms with E-state index in [1.54, 1.807) is 6.07 Å². The van der Waals surface area contributed by atoms with Gasteiger partial charge >= 0.3 is 0 Å². The van der Waals surface area contributed by atoms with Gasteiger partial charge in [0.25, 0.3) is 5.69 Å². The molecule has 7 nitrogen and oxygen atoms in total. The van der Waals surface area contributed by atoms with Gasteiger partial charge in [-0.15, -0.1) is 0 Å². The maximum atomic E-state index is 10.8. The van der Waals surface area contributed by atoms with Gasteiger partial charge in [0, 0.05) is 30.9 Å². The first-order chi connectivity index (χ1) is 9.54. The number of benzene rings is 1. The Hall–Kier alpha value is -2.31. The second kappa shape index (κ2) is 7.32. The zero-order chi connectivity index (χ0) is 15.1. The molecule has 0 fully saturated rings. The van der Waals surface area contributed by atoms with Crippen LogP contribution in [0.3, 0.4) is 0 Å². The Morgan fingerprint density at radius 2 is 2.20 bits per heavy atom. The van der Waals surface area contributed by atoms with Crippen molar-refractivity contribution in [3.63, 3.8) is 0 Å². The van der Waals surface area contributed by atoms with E-state index in [2.05, 4.69) is 17.0 Å². The van der Waals surface area contributed by atoms with E-state index in [9.17, 15) is 10.1 Å². The van der Waals surface area contributed by atoms with Crippen LogP contribution in [0.2, 0.25) is 0 Å². The van der Waals surface area contributed by atoms with Crippen LogP contribution in [-0.4, -0.2) is 29.1 Å². The van der Waals surface area contributed by atoms with Crippen molar-refractivity contribution in [1.29, 1.82) is 0 Å². The number of nitro groups is 1. The van der Waals surface area contributed by atoms with Crippen molar-refractivity contribution < 1.29 is 10.1 Å². The molecule has 0 aliphatic rings. The number of nitrogens with two attached hydrogens (primary N) is 1. The molecule has 0 saturated heterocycles. The van der Waals surface area contributed by atoms with Crippen LogP contribution in [0, 0.1) is 10.1 Å². The first kappa shape index (κ1) is 15.7. The molecule has 0 radical (unpaired) electrons. The Morgan fingerprint density at radius 3 is 2.70 bits per heavy atom. The molecule has 0 aliphatic heterocycles. The number of oxime groups is 1. The van der Waals surface area contributed by atoms with Gasteiger partial charge in [0.2, 0.25) is 0 Å². The van der Waals surface area contributed by atoms with Crippen molar-refractivity contribution in [2.45, 2.75) is 26.7 Å². The average Bonchev–Trinajstić information content (AvgIpc) is 2.47. The van der Waals surface area contributed by atoms with Gasteiger partial charge < -0.3 is 15.8 Å². The van der Waals surface area contributed by atoms with Crippen molar-refractivity contribution in [2.24, 2.45) is 10.9 Å². The Kier molecular flexibility index (Phi) is 5.76. The molecule has 0 heterocycles. The highest BCUT2D eigenvalue weighted by Gasteiger charge is 2.17. The minimum atomic E-state index is -0.500. The molecular weight excluding hydrogens is 260 g/mol. The van der Waals surface area contributed by atoms with E-state index in [4.69, 9.17) is 10.9 Å². The molecule has 0 unspecified atom stereocenters. The predicted molar refractivity (Wildman–Crippen MR) is 78.4 cm³/mol. The Balaban J connectivity index is 3.26. The van der Waals surface area contributed by atoms with E-state index in [0.717, 1.165) is 31.6 Å². The van der Waals surface area contributed by atoms with Crippen molar-refractivity contribution in [3.05, 3.63) is 33.9 Å². The number of nitro benzene ring substituents is 1. The third-order valence-corrected chi connectivity index (χ3v) is 3.08. The highest BCUT2D eigenvalue weighted by molar-refractivity contribution is 6.02. The lowest BCUT2D eigenvalue weighted by Crippen LogP contribution is -2.27. The summed E-state index contributed by atoms with van der Waals surface area (Å²) in [4.78, 5) is 12.4. The van der Waals surface area contributed by atoms with E-state index >= 15 is 0 Å². The quantitative estimate of drug-likeness (QED) is 0.262. The van der Waals surface area contributed by atoms with E-state index in [0.29, 0.717) is 5.56 Å². The van der Waals surface area contributed by atoms with Crippen molar-refractivity contribution in [2.75, 3.05) is 18.0 Å². The maximum absolute atomic E-state index is 10.8. The summed E-state index contributed by atoms with van der Waals surface area (Å²) < 4.78 is 0. The number of hydrogen-bond donors (Lipinski definition) is 2. The SMILES string of the molecule is CCCCN(CC)c1ccc([N+](=O)[O-])cc1C(N)=NO. The molecule has 0 saturated carbocycles. The lowest BCUT2D eigenvalue weighted by molar-refractivity contribution is -0.384. The molecule has 1 rings (SSSR count). The lowest BCUT2D eigenvalue weighted by atomic mass is 10.1. The van der Waals surface area contributed by atoms with Gasteiger partial charge in [-0.25, -0.2) is 0 Å². The molecule has 7 heteroatoms. The van der Waals surface area contributed by atoms with Gasteiger partial charge in [0.15, 0.2) is 5.84 Å². The molecule has 0 aromatic heterocycles. The summed E-state index contributed by atoms with van der Waals surface area (Å²) in [6.07, 6.45) is 2.04. The maximum Gasteiger partial charge on any atom is 0.270 e. The largest absolute Gasteiger partial charge is 0.409 e. The fourth-order valence-electron chi connectivity index (χ4n) is 1.97. The first-order valence-corrected chi connectivity index (χ1v) is 6.56. The number of non-ortho nitro benzene ring substituents is 1. The van der Waals surface area contributed by atoms with Gasteiger partial charge in [0.05, 0.1) is 10.5 Å². The van der Waals surface area contributed by atoms with E-state index in [1.165, 1.54) is 12.1 Å². The summed E-state index contributed by atoms with van der Waals surface area (Å²) in [5.41, 5.74) is 6.67. The molecule has 1 aromatic carbocycles. The minimum absolute atomic E-state index is 0.0816. The number of amidine groups is 1. The fourth-order valence-corrected chi connectivity index (χ4v) is 1.97.